The lowest BCUT2D eigenvalue weighted by molar-refractivity contribution is 0.0607. The van der Waals surface area contributed by atoms with Gasteiger partial charge in [0, 0.05) is 52.7 Å². The molecule has 9 heteroatoms. The van der Waals surface area contributed by atoms with Gasteiger partial charge in [-0.15, -0.1) is 10.2 Å². The fourth-order valence-corrected chi connectivity index (χ4v) is 6.59. The van der Waals surface area contributed by atoms with Crippen molar-refractivity contribution in [2.24, 2.45) is 11.7 Å². The minimum absolute atomic E-state index is 0.0722. The standard InChI is InChI=1S/C34H33FN6O2/c1-19-28-8-7-25(34(42)39-17-26(35)15-27(36)18-39)13-31(28)43-33(19)30-12-24-6-5-22(11-29(24)41(30)16-21-3-4-21)23-9-10-40-20(2)37-38-32(40)14-23/h5-14,21,26-27H,3-4,15-18,36H2,1-2H3/t26-,27-/m1/s1. The molecule has 2 aromatic carbocycles. The Hall–Kier alpha value is -4.50. The van der Waals surface area contributed by atoms with Crippen molar-refractivity contribution in [3.8, 4) is 22.6 Å². The van der Waals surface area contributed by atoms with Crippen molar-refractivity contribution in [1.29, 1.82) is 0 Å². The van der Waals surface area contributed by atoms with Crippen LogP contribution in [-0.4, -0.2) is 55.3 Å². The first-order valence-corrected chi connectivity index (χ1v) is 15.0. The molecule has 5 heterocycles. The van der Waals surface area contributed by atoms with E-state index in [-0.39, 0.29) is 24.9 Å². The topological polar surface area (TPSA) is 94.6 Å². The third-order valence-corrected chi connectivity index (χ3v) is 9.09. The summed E-state index contributed by atoms with van der Waals surface area (Å²) < 4.78 is 25.1. The van der Waals surface area contributed by atoms with Crippen LogP contribution in [0.25, 0.3) is 50.1 Å². The van der Waals surface area contributed by atoms with Crippen LogP contribution in [0.5, 0.6) is 0 Å². The third kappa shape index (κ3) is 4.50. The maximum Gasteiger partial charge on any atom is 0.254 e. The molecule has 0 bridgehead atoms. The van der Waals surface area contributed by atoms with Gasteiger partial charge in [0.05, 0.1) is 12.2 Å². The summed E-state index contributed by atoms with van der Waals surface area (Å²) in [7, 11) is 0. The molecule has 8 nitrogen and oxygen atoms in total. The Balaban J connectivity index is 1.20. The number of alkyl halides is 1. The zero-order chi connectivity index (χ0) is 29.4. The van der Waals surface area contributed by atoms with E-state index in [0.29, 0.717) is 23.6 Å². The molecule has 2 atom stereocenters. The van der Waals surface area contributed by atoms with Crippen LogP contribution in [-0.2, 0) is 6.54 Å². The van der Waals surface area contributed by atoms with Crippen LogP contribution in [0, 0.1) is 19.8 Å². The summed E-state index contributed by atoms with van der Waals surface area (Å²) in [5.41, 5.74) is 13.4. The van der Waals surface area contributed by atoms with Gasteiger partial charge in [0.25, 0.3) is 5.91 Å². The number of pyridine rings is 1. The van der Waals surface area contributed by atoms with Crippen molar-refractivity contribution in [3.05, 3.63) is 77.7 Å². The summed E-state index contributed by atoms with van der Waals surface area (Å²) in [5.74, 6) is 2.10. The van der Waals surface area contributed by atoms with E-state index in [9.17, 15) is 9.18 Å². The summed E-state index contributed by atoms with van der Waals surface area (Å²) in [5, 5.41) is 10.6. The second kappa shape index (κ2) is 9.77. The number of benzene rings is 2. The monoisotopic (exact) mass is 576 g/mol. The number of carbonyl (C=O) groups is 1. The molecule has 2 N–H and O–H groups in total. The van der Waals surface area contributed by atoms with Gasteiger partial charge in [-0.25, -0.2) is 4.39 Å². The fraction of sp³-hybridized carbons (Fsp3) is 0.324. The molecule has 218 valence electrons. The van der Waals surface area contributed by atoms with Crippen LogP contribution in [0.4, 0.5) is 4.39 Å². The van der Waals surface area contributed by atoms with Crippen molar-refractivity contribution in [3.63, 3.8) is 0 Å². The molecule has 1 amide bonds. The van der Waals surface area contributed by atoms with Crippen LogP contribution in [0.1, 0.15) is 41.0 Å². The Labute approximate surface area is 247 Å². The number of nitrogens with two attached hydrogens (primary N) is 1. The molecule has 0 spiro atoms. The smallest absolute Gasteiger partial charge is 0.254 e. The van der Waals surface area contributed by atoms with Gasteiger partial charge >= 0.3 is 0 Å². The molecule has 1 aliphatic heterocycles. The van der Waals surface area contributed by atoms with E-state index in [2.05, 4.69) is 58.1 Å². The quantitative estimate of drug-likeness (QED) is 0.260. The number of amides is 1. The maximum atomic E-state index is 14.2. The molecule has 8 rings (SSSR count). The van der Waals surface area contributed by atoms with Gasteiger partial charge in [0.1, 0.15) is 17.6 Å². The highest BCUT2D eigenvalue weighted by Gasteiger charge is 2.30. The normalized spacial score (nSPS) is 19.2. The number of furan rings is 1. The van der Waals surface area contributed by atoms with E-state index in [1.54, 1.807) is 6.07 Å². The molecule has 1 saturated heterocycles. The zero-order valence-corrected chi connectivity index (χ0v) is 24.3. The van der Waals surface area contributed by atoms with Gasteiger partial charge in [-0.05, 0) is 86.6 Å². The van der Waals surface area contributed by atoms with Gasteiger partial charge in [0.2, 0.25) is 0 Å². The Morgan fingerprint density at radius 1 is 1.02 bits per heavy atom. The highest BCUT2D eigenvalue weighted by atomic mass is 19.1. The first-order chi connectivity index (χ1) is 20.8. The number of rotatable bonds is 5. The van der Waals surface area contributed by atoms with Crippen LogP contribution in [0.2, 0.25) is 0 Å². The summed E-state index contributed by atoms with van der Waals surface area (Å²) in [6.07, 6.45) is 3.66. The highest BCUT2D eigenvalue weighted by molar-refractivity contribution is 6.00. The third-order valence-electron chi connectivity index (χ3n) is 9.09. The van der Waals surface area contributed by atoms with Crippen molar-refractivity contribution in [1.82, 2.24) is 24.1 Å². The molecule has 2 aliphatic rings. The van der Waals surface area contributed by atoms with E-state index >= 15 is 0 Å². The van der Waals surface area contributed by atoms with Crippen LogP contribution >= 0.6 is 0 Å². The van der Waals surface area contributed by atoms with Crippen molar-refractivity contribution in [2.45, 2.75) is 51.9 Å². The summed E-state index contributed by atoms with van der Waals surface area (Å²) in [6.45, 7) is 5.37. The molecule has 1 saturated carbocycles. The first kappa shape index (κ1) is 26.2. The number of fused-ring (bicyclic) bond motifs is 3. The average molecular weight is 577 g/mol. The molecular formula is C34H33FN6O2. The maximum absolute atomic E-state index is 14.2. The number of nitrogens with zero attached hydrogens (tertiary/aromatic N) is 5. The number of likely N-dealkylation sites (tertiary alicyclic amines) is 1. The Kier molecular flexibility index (Phi) is 5.94. The number of aryl methyl sites for hydroxylation is 2. The molecule has 4 aromatic heterocycles. The second-order valence-electron chi connectivity index (χ2n) is 12.3. The molecular weight excluding hydrogens is 543 g/mol. The lowest BCUT2D eigenvalue weighted by Crippen LogP contribution is -2.50. The van der Waals surface area contributed by atoms with Crippen LogP contribution < -0.4 is 5.73 Å². The van der Waals surface area contributed by atoms with E-state index in [0.717, 1.165) is 62.5 Å². The first-order valence-electron chi connectivity index (χ1n) is 15.0. The second-order valence-corrected chi connectivity index (χ2v) is 12.3. The fourth-order valence-electron chi connectivity index (χ4n) is 6.59. The SMILES string of the molecule is Cc1c(-c2cc3ccc(-c4ccn5c(C)nnc5c4)cc3n2CC2CC2)oc2cc(C(=O)N3C[C@H](N)C[C@@H](F)C3)ccc12. The predicted octanol–water partition coefficient (Wildman–Crippen LogP) is 6.30. The molecule has 2 fully saturated rings. The zero-order valence-electron chi connectivity index (χ0n) is 24.3. The van der Waals surface area contributed by atoms with Gasteiger partial charge in [-0.3, -0.25) is 9.20 Å². The van der Waals surface area contributed by atoms with Gasteiger partial charge in [-0.2, -0.15) is 0 Å². The lowest BCUT2D eigenvalue weighted by atomic mass is 10.0. The number of aromatic nitrogens is 4. The van der Waals surface area contributed by atoms with Gasteiger partial charge in [0.15, 0.2) is 11.4 Å². The van der Waals surface area contributed by atoms with E-state index in [4.69, 9.17) is 10.2 Å². The van der Waals surface area contributed by atoms with E-state index in [1.165, 1.54) is 17.7 Å². The number of halogens is 1. The minimum Gasteiger partial charge on any atom is -0.454 e. The Bertz CT molecular complexity index is 2040. The average Bonchev–Trinajstić information content (AvgIpc) is 3.53. The largest absolute Gasteiger partial charge is 0.454 e. The highest BCUT2D eigenvalue weighted by Crippen LogP contribution is 2.40. The predicted molar refractivity (Wildman–Crippen MR) is 165 cm³/mol. The Morgan fingerprint density at radius 3 is 2.67 bits per heavy atom. The number of piperidine rings is 1. The summed E-state index contributed by atoms with van der Waals surface area (Å²) in [6, 6.07) is 18.2. The molecule has 43 heavy (non-hydrogen) atoms. The molecule has 1 aliphatic carbocycles. The lowest BCUT2D eigenvalue weighted by Gasteiger charge is -2.33. The van der Waals surface area contributed by atoms with Crippen molar-refractivity contribution >= 4 is 33.4 Å². The number of hydrogen-bond donors (Lipinski definition) is 1. The number of carbonyl (C=O) groups excluding carboxylic acids is 1. The molecule has 0 radical (unpaired) electrons. The van der Waals surface area contributed by atoms with Crippen LogP contribution in [0.3, 0.4) is 0 Å². The van der Waals surface area contributed by atoms with E-state index in [1.807, 2.05) is 29.7 Å². The van der Waals surface area contributed by atoms with Crippen molar-refractivity contribution in [2.75, 3.05) is 13.1 Å². The van der Waals surface area contributed by atoms with Crippen molar-refractivity contribution < 1.29 is 13.6 Å². The summed E-state index contributed by atoms with van der Waals surface area (Å²) in [4.78, 5) is 14.8. The number of hydrogen-bond acceptors (Lipinski definition) is 5. The van der Waals surface area contributed by atoms with E-state index < -0.39 is 6.17 Å². The Morgan fingerprint density at radius 2 is 1.86 bits per heavy atom. The molecule has 0 unspecified atom stereocenters. The van der Waals surface area contributed by atoms with Gasteiger partial charge in [-0.1, -0.05) is 18.2 Å². The minimum atomic E-state index is -1.10. The van der Waals surface area contributed by atoms with Gasteiger partial charge < -0.3 is 19.6 Å². The molecule has 6 aromatic rings. The van der Waals surface area contributed by atoms with Crippen LogP contribution in [0.15, 0.2) is 65.2 Å². The summed E-state index contributed by atoms with van der Waals surface area (Å²) >= 11 is 0.